The number of quaternary nitrogens is 1. The van der Waals surface area contributed by atoms with Gasteiger partial charge in [-0.05, 0) is 42.5 Å². The Hall–Kier alpha value is -2.58. The van der Waals surface area contributed by atoms with Crippen LogP contribution >= 0.6 is 0 Å². The third-order valence-corrected chi connectivity index (χ3v) is 5.07. The Morgan fingerprint density at radius 3 is 2.84 bits per heavy atom. The number of anilines is 1. The van der Waals surface area contributed by atoms with Gasteiger partial charge in [0.25, 0.3) is 0 Å². The van der Waals surface area contributed by atoms with Gasteiger partial charge in [-0.1, -0.05) is 12.1 Å². The Morgan fingerprint density at radius 2 is 2.04 bits per heavy atom. The van der Waals surface area contributed by atoms with Gasteiger partial charge in [-0.25, -0.2) is 4.98 Å². The molecule has 0 fully saturated rings. The van der Waals surface area contributed by atoms with Crippen molar-refractivity contribution in [1.29, 1.82) is 5.26 Å². The van der Waals surface area contributed by atoms with Crippen LogP contribution in [0.15, 0.2) is 24.3 Å². The Labute approximate surface area is 147 Å². The minimum absolute atomic E-state index is 0.756. The van der Waals surface area contributed by atoms with Gasteiger partial charge in [0.1, 0.15) is 11.9 Å². The van der Waals surface area contributed by atoms with Crippen molar-refractivity contribution >= 4 is 22.5 Å². The number of fused-ring (bicyclic) bond motifs is 4. The summed E-state index contributed by atoms with van der Waals surface area (Å²) in [6.07, 6.45) is 4.25. The van der Waals surface area contributed by atoms with E-state index in [4.69, 9.17) is 4.98 Å². The zero-order valence-corrected chi connectivity index (χ0v) is 14.9. The first kappa shape index (κ1) is 15.9. The van der Waals surface area contributed by atoms with E-state index in [-0.39, 0.29) is 0 Å². The van der Waals surface area contributed by atoms with Crippen molar-refractivity contribution in [3.63, 3.8) is 0 Å². The first-order valence-electron chi connectivity index (χ1n) is 9.08. The quantitative estimate of drug-likeness (QED) is 0.700. The third kappa shape index (κ3) is 2.63. The van der Waals surface area contributed by atoms with Crippen LogP contribution < -0.4 is 10.2 Å². The first-order chi connectivity index (χ1) is 12.2. The van der Waals surface area contributed by atoms with Crippen molar-refractivity contribution in [3.05, 3.63) is 41.0 Å². The molecule has 0 saturated heterocycles. The Bertz CT molecular complexity index is 977. The number of nitriles is 1. The summed E-state index contributed by atoms with van der Waals surface area (Å²) in [4.78, 5) is 6.24. The molecule has 0 amide bonds. The molecular formula is C20H24N5+. The molecule has 0 saturated carbocycles. The summed E-state index contributed by atoms with van der Waals surface area (Å²) in [5.74, 6) is 1.14. The Kier molecular flexibility index (Phi) is 4.06. The fourth-order valence-corrected chi connectivity index (χ4v) is 3.92. The SMILES string of the molecule is C[NH+](C)CCCNc1c2c(c(C#N)c3nc4ccccc4n13)CCC2. The molecule has 2 N–H and O–H groups in total. The molecule has 0 aliphatic heterocycles. The molecule has 4 rings (SSSR count). The van der Waals surface area contributed by atoms with E-state index in [2.05, 4.69) is 35.9 Å². The van der Waals surface area contributed by atoms with Gasteiger partial charge < -0.3 is 10.2 Å². The van der Waals surface area contributed by atoms with E-state index in [1.807, 2.05) is 18.2 Å². The van der Waals surface area contributed by atoms with Gasteiger partial charge in [-0.3, -0.25) is 4.40 Å². The second-order valence-electron chi connectivity index (χ2n) is 7.14. The van der Waals surface area contributed by atoms with Crippen molar-refractivity contribution in [3.8, 4) is 6.07 Å². The standard InChI is InChI=1S/C20H23N5/c1-24(2)12-6-11-22-19-15-8-5-7-14(15)16(13-21)20-23-17-9-3-4-10-18(17)25(19)20/h3-4,9-10,22H,5-8,11-12H2,1-2H3/p+1. The summed E-state index contributed by atoms with van der Waals surface area (Å²) < 4.78 is 2.17. The highest BCUT2D eigenvalue weighted by atomic mass is 15.1. The molecule has 5 nitrogen and oxygen atoms in total. The normalized spacial score (nSPS) is 13.5. The summed E-state index contributed by atoms with van der Waals surface area (Å²) >= 11 is 0. The minimum Gasteiger partial charge on any atom is -0.371 e. The number of nitrogens with zero attached hydrogens (tertiary/aromatic N) is 3. The number of nitrogens with one attached hydrogen (secondary N) is 2. The van der Waals surface area contributed by atoms with Gasteiger partial charge >= 0.3 is 0 Å². The average Bonchev–Trinajstić information content (AvgIpc) is 3.22. The van der Waals surface area contributed by atoms with E-state index in [9.17, 15) is 5.26 Å². The molecule has 0 radical (unpaired) electrons. The summed E-state index contributed by atoms with van der Waals surface area (Å²) in [5, 5.41) is 13.4. The summed E-state index contributed by atoms with van der Waals surface area (Å²) in [6, 6.07) is 10.6. The molecule has 1 aliphatic carbocycles. The first-order valence-corrected chi connectivity index (χ1v) is 9.08. The van der Waals surface area contributed by atoms with Gasteiger partial charge in [0.05, 0.1) is 37.2 Å². The van der Waals surface area contributed by atoms with Gasteiger partial charge in [0.2, 0.25) is 0 Å². The fraction of sp³-hybridized carbons (Fsp3) is 0.400. The van der Waals surface area contributed by atoms with Crippen LogP contribution in [-0.2, 0) is 12.8 Å². The Balaban J connectivity index is 1.89. The van der Waals surface area contributed by atoms with Crippen LogP contribution in [0.1, 0.15) is 29.5 Å². The Morgan fingerprint density at radius 1 is 1.24 bits per heavy atom. The maximum Gasteiger partial charge on any atom is 0.157 e. The molecule has 5 heteroatoms. The number of benzene rings is 1. The molecule has 0 spiro atoms. The van der Waals surface area contributed by atoms with Gasteiger partial charge in [-0.2, -0.15) is 5.26 Å². The van der Waals surface area contributed by atoms with Gasteiger partial charge in [0, 0.05) is 13.0 Å². The van der Waals surface area contributed by atoms with Crippen molar-refractivity contribution in [2.45, 2.75) is 25.7 Å². The highest BCUT2D eigenvalue weighted by Crippen LogP contribution is 2.36. The van der Waals surface area contributed by atoms with Crippen molar-refractivity contribution in [2.24, 2.45) is 0 Å². The van der Waals surface area contributed by atoms with Crippen LogP contribution in [0.4, 0.5) is 5.82 Å². The molecule has 3 aromatic rings. The van der Waals surface area contributed by atoms with Crippen molar-refractivity contribution in [2.75, 3.05) is 32.5 Å². The number of para-hydroxylation sites is 2. The van der Waals surface area contributed by atoms with Crippen LogP contribution in [0.3, 0.4) is 0 Å². The molecule has 0 atom stereocenters. The number of hydrogen-bond donors (Lipinski definition) is 2. The van der Waals surface area contributed by atoms with Crippen molar-refractivity contribution < 1.29 is 4.90 Å². The van der Waals surface area contributed by atoms with E-state index >= 15 is 0 Å². The van der Waals surface area contributed by atoms with E-state index in [0.29, 0.717) is 0 Å². The predicted octanol–water partition coefficient (Wildman–Crippen LogP) is 1.79. The molecule has 2 heterocycles. The molecule has 0 unspecified atom stereocenters. The lowest BCUT2D eigenvalue weighted by Gasteiger charge is -2.16. The smallest absolute Gasteiger partial charge is 0.157 e. The lowest BCUT2D eigenvalue weighted by Crippen LogP contribution is -3.05. The summed E-state index contributed by atoms with van der Waals surface area (Å²) in [5.41, 5.74) is 6.08. The number of imidazole rings is 1. The van der Waals surface area contributed by atoms with Crippen LogP contribution in [0.25, 0.3) is 16.7 Å². The zero-order chi connectivity index (χ0) is 17.4. The minimum atomic E-state index is 0.756. The number of aromatic nitrogens is 2. The molecule has 25 heavy (non-hydrogen) atoms. The molecule has 0 bridgehead atoms. The summed E-state index contributed by atoms with van der Waals surface area (Å²) in [7, 11) is 4.36. The highest BCUT2D eigenvalue weighted by Gasteiger charge is 2.25. The average molecular weight is 334 g/mol. The third-order valence-electron chi connectivity index (χ3n) is 5.07. The van der Waals surface area contributed by atoms with Crippen LogP contribution in [-0.4, -0.2) is 36.6 Å². The van der Waals surface area contributed by atoms with Crippen LogP contribution in [0, 0.1) is 11.3 Å². The second kappa shape index (κ2) is 6.38. The number of hydrogen-bond acceptors (Lipinski definition) is 3. The van der Waals surface area contributed by atoms with Crippen LogP contribution in [0.5, 0.6) is 0 Å². The largest absolute Gasteiger partial charge is 0.371 e. The molecule has 1 aromatic carbocycles. The number of pyridine rings is 1. The van der Waals surface area contributed by atoms with Crippen LogP contribution in [0.2, 0.25) is 0 Å². The van der Waals surface area contributed by atoms with E-state index < -0.39 is 0 Å². The van der Waals surface area contributed by atoms with Crippen molar-refractivity contribution in [1.82, 2.24) is 9.38 Å². The summed E-state index contributed by atoms with van der Waals surface area (Å²) in [6.45, 7) is 2.07. The topological polar surface area (TPSA) is 57.6 Å². The van der Waals surface area contributed by atoms with E-state index in [1.165, 1.54) is 16.0 Å². The van der Waals surface area contributed by atoms with E-state index in [1.54, 1.807) is 0 Å². The predicted molar refractivity (Wildman–Crippen MR) is 100 cm³/mol. The molecule has 1 aliphatic rings. The molecular weight excluding hydrogens is 310 g/mol. The zero-order valence-electron chi connectivity index (χ0n) is 14.9. The number of rotatable bonds is 5. The fourth-order valence-electron chi connectivity index (χ4n) is 3.92. The molecule has 2 aromatic heterocycles. The monoisotopic (exact) mass is 334 g/mol. The lowest BCUT2D eigenvalue weighted by atomic mass is 10.1. The second-order valence-corrected chi connectivity index (χ2v) is 7.14. The maximum atomic E-state index is 9.76. The lowest BCUT2D eigenvalue weighted by molar-refractivity contribution is -0.858. The van der Waals surface area contributed by atoms with Gasteiger partial charge in [-0.15, -0.1) is 0 Å². The van der Waals surface area contributed by atoms with E-state index in [0.717, 1.165) is 66.8 Å². The highest BCUT2D eigenvalue weighted by molar-refractivity contribution is 5.86. The molecule has 128 valence electrons. The maximum absolute atomic E-state index is 9.76. The van der Waals surface area contributed by atoms with Gasteiger partial charge in [0.15, 0.2) is 5.65 Å².